The van der Waals surface area contributed by atoms with Crippen molar-refractivity contribution in [3.8, 4) is 0 Å². The maximum atomic E-state index is 12.1. The quantitative estimate of drug-likeness (QED) is 0.794. The van der Waals surface area contributed by atoms with Gasteiger partial charge in [-0.05, 0) is 33.6 Å². The van der Waals surface area contributed by atoms with Gasteiger partial charge in [0, 0.05) is 25.6 Å². The fourth-order valence-electron chi connectivity index (χ4n) is 2.91. The highest BCUT2D eigenvalue weighted by atomic mass is 16.6. The third-order valence-electron chi connectivity index (χ3n) is 3.84. The first-order valence-electron chi connectivity index (χ1n) is 7.10. The van der Waals surface area contributed by atoms with Crippen molar-refractivity contribution in [2.75, 3.05) is 19.7 Å². The highest BCUT2D eigenvalue weighted by Crippen LogP contribution is 2.33. The third-order valence-corrected chi connectivity index (χ3v) is 3.84. The molecule has 0 aromatic carbocycles. The summed E-state index contributed by atoms with van der Waals surface area (Å²) < 4.78 is 11.0. The molecule has 2 saturated heterocycles. The first-order chi connectivity index (χ1) is 9.28. The van der Waals surface area contributed by atoms with Gasteiger partial charge in [-0.2, -0.15) is 0 Å². The van der Waals surface area contributed by atoms with Crippen LogP contribution >= 0.6 is 0 Å². The molecule has 1 amide bonds. The fraction of sp³-hybridized carbons (Fsp3) is 0.857. The van der Waals surface area contributed by atoms with Gasteiger partial charge in [0.15, 0.2) is 0 Å². The maximum absolute atomic E-state index is 12.1. The molecule has 0 aromatic rings. The SMILES string of the molecule is CC(C)(C)OC(=O)N1CC[C@@H]2OCC[C@H](C(=O)O)[C@H]2C1. The van der Waals surface area contributed by atoms with E-state index in [1.165, 1.54) is 0 Å². The first-order valence-corrected chi connectivity index (χ1v) is 7.10. The van der Waals surface area contributed by atoms with E-state index >= 15 is 0 Å². The molecule has 6 heteroatoms. The molecular weight excluding hydrogens is 262 g/mol. The van der Waals surface area contributed by atoms with Gasteiger partial charge in [0.1, 0.15) is 5.60 Å². The normalized spacial score (nSPS) is 30.6. The van der Waals surface area contributed by atoms with Crippen LogP contribution in [0.2, 0.25) is 0 Å². The summed E-state index contributed by atoms with van der Waals surface area (Å²) >= 11 is 0. The van der Waals surface area contributed by atoms with Crippen LogP contribution in [0, 0.1) is 11.8 Å². The molecule has 0 aliphatic carbocycles. The number of carbonyl (C=O) groups excluding carboxylic acids is 1. The number of piperidine rings is 1. The van der Waals surface area contributed by atoms with E-state index in [4.69, 9.17) is 9.47 Å². The van der Waals surface area contributed by atoms with Crippen molar-refractivity contribution < 1.29 is 24.2 Å². The first kappa shape index (κ1) is 15.1. The van der Waals surface area contributed by atoms with E-state index in [0.29, 0.717) is 32.5 Å². The van der Waals surface area contributed by atoms with Crippen molar-refractivity contribution in [3.05, 3.63) is 0 Å². The Morgan fingerprint density at radius 2 is 2.00 bits per heavy atom. The van der Waals surface area contributed by atoms with Crippen molar-refractivity contribution >= 4 is 12.1 Å². The molecule has 0 radical (unpaired) electrons. The van der Waals surface area contributed by atoms with Crippen LogP contribution in [-0.2, 0) is 14.3 Å². The van der Waals surface area contributed by atoms with Gasteiger partial charge in [0.25, 0.3) is 0 Å². The monoisotopic (exact) mass is 285 g/mol. The lowest BCUT2D eigenvalue weighted by atomic mass is 9.79. The number of hydrogen-bond acceptors (Lipinski definition) is 4. The van der Waals surface area contributed by atoms with E-state index in [1.807, 2.05) is 20.8 Å². The maximum Gasteiger partial charge on any atom is 0.410 e. The van der Waals surface area contributed by atoms with Gasteiger partial charge in [-0.1, -0.05) is 0 Å². The lowest BCUT2D eigenvalue weighted by Gasteiger charge is -2.43. The van der Waals surface area contributed by atoms with E-state index < -0.39 is 17.5 Å². The zero-order valence-corrected chi connectivity index (χ0v) is 12.3. The molecule has 114 valence electrons. The van der Waals surface area contributed by atoms with Gasteiger partial charge in [-0.3, -0.25) is 4.79 Å². The van der Waals surface area contributed by atoms with Crippen LogP contribution in [0.4, 0.5) is 4.79 Å². The zero-order valence-electron chi connectivity index (χ0n) is 12.3. The third kappa shape index (κ3) is 3.42. The highest BCUT2D eigenvalue weighted by molar-refractivity contribution is 5.71. The van der Waals surface area contributed by atoms with Crippen LogP contribution in [-0.4, -0.2) is 53.5 Å². The van der Waals surface area contributed by atoms with Gasteiger partial charge in [0.2, 0.25) is 0 Å². The molecule has 0 aromatic heterocycles. The van der Waals surface area contributed by atoms with E-state index in [-0.39, 0.29) is 18.1 Å². The number of carbonyl (C=O) groups is 2. The van der Waals surface area contributed by atoms with Crippen LogP contribution in [0.25, 0.3) is 0 Å². The Kier molecular flexibility index (Phi) is 4.22. The summed E-state index contributed by atoms with van der Waals surface area (Å²) in [5, 5.41) is 9.30. The number of ether oxygens (including phenoxy) is 2. The Hall–Kier alpha value is -1.30. The van der Waals surface area contributed by atoms with Crippen LogP contribution in [0.5, 0.6) is 0 Å². The van der Waals surface area contributed by atoms with Crippen molar-refractivity contribution in [1.82, 2.24) is 4.90 Å². The molecule has 2 aliphatic rings. The molecule has 0 spiro atoms. The van der Waals surface area contributed by atoms with Crippen LogP contribution < -0.4 is 0 Å². The summed E-state index contributed by atoms with van der Waals surface area (Å²) in [5.74, 6) is -1.36. The van der Waals surface area contributed by atoms with Gasteiger partial charge in [-0.25, -0.2) is 4.79 Å². The summed E-state index contributed by atoms with van der Waals surface area (Å²) in [5.41, 5.74) is -0.538. The number of amides is 1. The topological polar surface area (TPSA) is 76.1 Å². The molecule has 1 N–H and O–H groups in total. The van der Waals surface area contributed by atoms with E-state index in [2.05, 4.69) is 0 Å². The van der Waals surface area contributed by atoms with Crippen LogP contribution in [0.1, 0.15) is 33.6 Å². The molecular formula is C14H23NO5. The minimum absolute atomic E-state index is 0.0523. The fourth-order valence-corrected chi connectivity index (χ4v) is 2.91. The van der Waals surface area contributed by atoms with Gasteiger partial charge >= 0.3 is 12.1 Å². The molecule has 0 unspecified atom stereocenters. The molecule has 2 rings (SSSR count). The Labute approximate surface area is 119 Å². The average Bonchev–Trinajstić information content (AvgIpc) is 2.35. The molecule has 20 heavy (non-hydrogen) atoms. The summed E-state index contributed by atoms with van der Waals surface area (Å²) in [4.78, 5) is 25.0. The Balaban J connectivity index is 2.02. The number of fused-ring (bicyclic) bond motifs is 1. The van der Waals surface area contributed by atoms with Crippen LogP contribution in [0.3, 0.4) is 0 Å². The lowest BCUT2D eigenvalue weighted by molar-refractivity contribution is -0.157. The van der Waals surface area contributed by atoms with Crippen LogP contribution in [0.15, 0.2) is 0 Å². The minimum Gasteiger partial charge on any atom is -0.481 e. The number of likely N-dealkylation sites (tertiary alicyclic amines) is 1. The van der Waals surface area contributed by atoms with Crippen molar-refractivity contribution in [1.29, 1.82) is 0 Å². The van der Waals surface area contributed by atoms with E-state index in [9.17, 15) is 14.7 Å². The Bertz CT molecular complexity index is 390. The Morgan fingerprint density at radius 3 is 2.60 bits per heavy atom. The summed E-state index contributed by atoms with van der Waals surface area (Å²) in [6.07, 6.45) is 0.765. The standard InChI is InChI=1S/C14H23NO5/c1-14(2,3)20-13(18)15-6-4-11-10(8-15)9(12(16)17)5-7-19-11/h9-11H,4-8H2,1-3H3,(H,16,17)/t9-,10+,11-/m0/s1. The number of carboxylic acids is 1. The summed E-state index contributed by atoms with van der Waals surface area (Å²) in [7, 11) is 0. The van der Waals surface area contributed by atoms with Crippen molar-refractivity contribution in [3.63, 3.8) is 0 Å². The number of rotatable bonds is 1. The molecule has 3 atom stereocenters. The Morgan fingerprint density at radius 1 is 1.30 bits per heavy atom. The molecule has 2 aliphatic heterocycles. The number of aliphatic carboxylic acids is 1. The van der Waals surface area contributed by atoms with E-state index in [1.54, 1.807) is 4.90 Å². The number of carboxylic acid groups (broad SMARTS) is 1. The molecule has 2 fully saturated rings. The van der Waals surface area contributed by atoms with Gasteiger partial charge < -0.3 is 19.5 Å². The van der Waals surface area contributed by atoms with Crippen molar-refractivity contribution in [2.24, 2.45) is 11.8 Å². The van der Waals surface area contributed by atoms with Gasteiger partial charge in [0.05, 0.1) is 12.0 Å². The lowest BCUT2D eigenvalue weighted by Crippen LogP contribution is -2.53. The molecule has 6 nitrogen and oxygen atoms in total. The predicted molar refractivity (Wildman–Crippen MR) is 71.4 cm³/mol. The second-order valence-electron chi connectivity index (χ2n) is 6.52. The largest absolute Gasteiger partial charge is 0.481 e. The second-order valence-corrected chi connectivity index (χ2v) is 6.52. The zero-order chi connectivity index (χ0) is 14.9. The summed E-state index contributed by atoms with van der Waals surface area (Å²) in [6, 6.07) is 0. The van der Waals surface area contributed by atoms with Gasteiger partial charge in [-0.15, -0.1) is 0 Å². The smallest absolute Gasteiger partial charge is 0.410 e. The average molecular weight is 285 g/mol. The minimum atomic E-state index is -0.797. The summed E-state index contributed by atoms with van der Waals surface area (Å²) in [6.45, 7) is 6.91. The van der Waals surface area contributed by atoms with Crippen molar-refractivity contribution in [2.45, 2.75) is 45.3 Å². The highest BCUT2D eigenvalue weighted by Gasteiger charge is 2.43. The second kappa shape index (κ2) is 5.60. The number of hydrogen-bond donors (Lipinski definition) is 1. The molecule has 2 heterocycles. The number of nitrogens with zero attached hydrogens (tertiary/aromatic N) is 1. The van der Waals surface area contributed by atoms with E-state index in [0.717, 1.165) is 0 Å². The predicted octanol–water partition coefficient (Wildman–Crippen LogP) is 1.73. The molecule has 0 saturated carbocycles. The molecule has 0 bridgehead atoms.